The summed E-state index contributed by atoms with van der Waals surface area (Å²) in [6.45, 7) is 0. The number of nitrogens with one attached hydrogen (secondary N) is 1. The van der Waals surface area contributed by atoms with E-state index in [4.69, 9.17) is 0 Å². The first kappa shape index (κ1) is 13.2. The molecule has 0 aliphatic heterocycles. The van der Waals surface area contributed by atoms with Gasteiger partial charge in [-0.25, -0.2) is 8.78 Å². The van der Waals surface area contributed by atoms with Crippen molar-refractivity contribution in [2.24, 2.45) is 0 Å². The van der Waals surface area contributed by atoms with Gasteiger partial charge in [-0.2, -0.15) is 0 Å². The minimum atomic E-state index is -0.519. The smallest absolute Gasteiger partial charge is 0.129 e. The van der Waals surface area contributed by atoms with Crippen LogP contribution in [-0.4, -0.2) is 13.1 Å². The molecule has 0 bridgehead atoms. The molecule has 0 radical (unpaired) electrons. The van der Waals surface area contributed by atoms with E-state index >= 15 is 0 Å². The van der Waals surface area contributed by atoms with Crippen LogP contribution in [0.5, 0.6) is 0 Å². The molecular weight excluding hydrogens is 232 g/mol. The average Bonchev–Trinajstić information content (AvgIpc) is 2.39. The summed E-state index contributed by atoms with van der Waals surface area (Å²) in [5, 5.41) is 3.23. The molecule has 1 aromatic carbocycles. The van der Waals surface area contributed by atoms with E-state index in [9.17, 15) is 8.78 Å². The third kappa shape index (κ3) is 3.16. The van der Waals surface area contributed by atoms with Gasteiger partial charge >= 0.3 is 0 Å². The highest BCUT2D eigenvalue weighted by atomic mass is 19.1. The van der Waals surface area contributed by atoms with Gasteiger partial charge in [0.05, 0.1) is 0 Å². The highest BCUT2D eigenvalue weighted by Crippen LogP contribution is 2.23. The van der Waals surface area contributed by atoms with E-state index in [1.807, 2.05) is 7.05 Å². The van der Waals surface area contributed by atoms with Crippen molar-refractivity contribution in [3.8, 4) is 0 Å². The lowest BCUT2D eigenvalue weighted by molar-refractivity contribution is 0.537. The maximum atomic E-state index is 13.6. The largest absolute Gasteiger partial charge is 0.313 e. The molecule has 1 aliphatic rings. The van der Waals surface area contributed by atoms with Crippen LogP contribution in [0, 0.1) is 11.6 Å². The number of halogens is 2. The molecule has 1 unspecified atom stereocenters. The predicted octanol–water partition coefficient (Wildman–Crippen LogP) is 3.60. The molecule has 18 heavy (non-hydrogen) atoms. The standard InChI is InChI=1S/C15H19F2N/c1-18-15(11-5-3-2-4-6-11)9-12-7-8-13(16)10-14(12)17/h5,7-8,10,15,18H,2-4,6,9H2,1H3. The van der Waals surface area contributed by atoms with Gasteiger partial charge < -0.3 is 5.32 Å². The summed E-state index contributed by atoms with van der Waals surface area (Å²) >= 11 is 0. The second-order valence-corrected chi connectivity index (χ2v) is 4.81. The van der Waals surface area contributed by atoms with Gasteiger partial charge in [-0.15, -0.1) is 0 Å². The summed E-state index contributed by atoms with van der Waals surface area (Å²) in [6, 6.07) is 3.97. The van der Waals surface area contributed by atoms with E-state index in [2.05, 4.69) is 11.4 Å². The van der Waals surface area contributed by atoms with Gasteiger partial charge in [-0.05, 0) is 50.8 Å². The van der Waals surface area contributed by atoms with E-state index in [-0.39, 0.29) is 6.04 Å². The molecule has 0 saturated carbocycles. The Kier molecular flexibility index (Phi) is 4.48. The molecule has 1 aliphatic carbocycles. The molecule has 1 N–H and O–H groups in total. The summed E-state index contributed by atoms with van der Waals surface area (Å²) in [6.07, 6.45) is 7.47. The summed E-state index contributed by atoms with van der Waals surface area (Å²) < 4.78 is 26.5. The number of likely N-dealkylation sites (N-methyl/N-ethyl adjacent to an activating group) is 1. The third-order valence-corrected chi connectivity index (χ3v) is 3.56. The van der Waals surface area contributed by atoms with Crippen molar-refractivity contribution in [2.75, 3.05) is 7.05 Å². The molecule has 0 fully saturated rings. The Morgan fingerprint density at radius 3 is 2.72 bits per heavy atom. The number of hydrogen-bond donors (Lipinski definition) is 1. The molecule has 0 aromatic heterocycles. The van der Waals surface area contributed by atoms with E-state index in [1.165, 1.54) is 24.5 Å². The fraction of sp³-hybridized carbons (Fsp3) is 0.467. The molecule has 0 spiro atoms. The monoisotopic (exact) mass is 251 g/mol. The molecule has 2 rings (SSSR count). The van der Waals surface area contributed by atoms with Crippen LogP contribution in [0.4, 0.5) is 8.78 Å². The van der Waals surface area contributed by atoms with Gasteiger partial charge in [0.2, 0.25) is 0 Å². The van der Waals surface area contributed by atoms with Crippen molar-refractivity contribution in [1.82, 2.24) is 5.32 Å². The molecule has 0 heterocycles. The molecule has 0 saturated heterocycles. The van der Waals surface area contributed by atoms with Gasteiger partial charge in [-0.1, -0.05) is 17.7 Å². The Labute approximate surface area is 107 Å². The van der Waals surface area contributed by atoms with Crippen molar-refractivity contribution in [3.05, 3.63) is 47.0 Å². The average molecular weight is 251 g/mol. The normalized spacial score (nSPS) is 17.4. The van der Waals surface area contributed by atoms with E-state index in [1.54, 1.807) is 6.07 Å². The Hall–Kier alpha value is -1.22. The lowest BCUT2D eigenvalue weighted by Crippen LogP contribution is -2.30. The molecule has 3 heteroatoms. The fourth-order valence-electron chi connectivity index (χ4n) is 2.51. The van der Waals surface area contributed by atoms with E-state index < -0.39 is 11.6 Å². The lowest BCUT2D eigenvalue weighted by atomic mass is 9.90. The summed E-state index contributed by atoms with van der Waals surface area (Å²) in [7, 11) is 1.89. The summed E-state index contributed by atoms with van der Waals surface area (Å²) in [4.78, 5) is 0. The first-order chi connectivity index (χ1) is 8.70. The number of rotatable bonds is 4. The highest BCUT2D eigenvalue weighted by molar-refractivity contribution is 5.24. The van der Waals surface area contributed by atoms with Gasteiger partial charge in [-0.3, -0.25) is 0 Å². The fourth-order valence-corrected chi connectivity index (χ4v) is 2.51. The van der Waals surface area contributed by atoms with Gasteiger partial charge in [0, 0.05) is 12.1 Å². The quantitative estimate of drug-likeness (QED) is 0.806. The molecule has 98 valence electrons. The minimum Gasteiger partial charge on any atom is -0.313 e. The first-order valence-electron chi connectivity index (χ1n) is 6.51. The van der Waals surface area contributed by atoms with Crippen LogP contribution in [-0.2, 0) is 6.42 Å². The van der Waals surface area contributed by atoms with Gasteiger partial charge in [0.25, 0.3) is 0 Å². The Morgan fingerprint density at radius 2 is 2.11 bits per heavy atom. The minimum absolute atomic E-state index is 0.158. The Balaban J connectivity index is 2.12. The Morgan fingerprint density at radius 1 is 1.28 bits per heavy atom. The van der Waals surface area contributed by atoms with Crippen LogP contribution >= 0.6 is 0 Å². The van der Waals surface area contributed by atoms with Crippen LogP contribution < -0.4 is 5.32 Å². The zero-order chi connectivity index (χ0) is 13.0. The second kappa shape index (κ2) is 6.10. The number of benzene rings is 1. The van der Waals surface area contributed by atoms with Crippen LogP contribution in [0.1, 0.15) is 31.2 Å². The van der Waals surface area contributed by atoms with Crippen LogP contribution in [0.25, 0.3) is 0 Å². The Bertz CT molecular complexity index is 440. The van der Waals surface area contributed by atoms with Gasteiger partial charge in [0.15, 0.2) is 0 Å². The number of allylic oxidation sites excluding steroid dienone is 1. The molecule has 0 amide bonds. The van der Waals surface area contributed by atoms with E-state index in [0.29, 0.717) is 12.0 Å². The van der Waals surface area contributed by atoms with Crippen molar-refractivity contribution in [2.45, 2.75) is 38.1 Å². The molecular formula is C15H19F2N. The second-order valence-electron chi connectivity index (χ2n) is 4.81. The van der Waals surface area contributed by atoms with Crippen LogP contribution in [0.2, 0.25) is 0 Å². The molecule has 1 atom stereocenters. The van der Waals surface area contributed by atoms with Crippen LogP contribution in [0.15, 0.2) is 29.8 Å². The molecule has 1 nitrogen and oxygen atoms in total. The highest BCUT2D eigenvalue weighted by Gasteiger charge is 2.16. The van der Waals surface area contributed by atoms with Crippen LogP contribution in [0.3, 0.4) is 0 Å². The summed E-state index contributed by atoms with van der Waals surface area (Å²) in [5.74, 6) is -0.971. The van der Waals surface area contributed by atoms with E-state index in [0.717, 1.165) is 18.9 Å². The SMILES string of the molecule is CNC(Cc1ccc(F)cc1F)C1=CCCCC1. The zero-order valence-corrected chi connectivity index (χ0v) is 10.7. The maximum absolute atomic E-state index is 13.6. The number of hydrogen-bond acceptors (Lipinski definition) is 1. The third-order valence-electron chi connectivity index (χ3n) is 3.56. The predicted molar refractivity (Wildman–Crippen MR) is 69.5 cm³/mol. The zero-order valence-electron chi connectivity index (χ0n) is 10.7. The topological polar surface area (TPSA) is 12.0 Å². The van der Waals surface area contributed by atoms with Gasteiger partial charge in [0.1, 0.15) is 11.6 Å². The van der Waals surface area contributed by atoms with Crippen molar-refractivity contribution < 1.29 is 8.78 Å². The summed E-state index contributed by atoms with van der Waals surface area (Å²) in [5.41, 5.74) is 1.93. The van der Waals surface area contributed by atoms with Crippen molar-refractivity contribution in [3.63, 3.8) is 0 Å². The lowest BCUT2D eigenvalue weighted by Gasteiger charge is -2.23. The maximum Gasteiger partial charge on any atom is 0.129 e. The first-order valence-corrected chi connectivity index (χ1v) is 6.51. The van der Waals surface area contributed by atoms with Crippen molar-refractivity contribution in [1.29, 1.82) is 0 Å². The van der Waals surface area contributed by atoms with Crippen molar-refractivity contribution >= 4 is 0 Å². The molecule has 1 aromatic rings.